The zero-order valence-corrected chi connectivity index (χ0v) is 46.4. The van der Waals surface area contributed by atoms with Crippen molar-refractivity contribution in [3.05, 3.63) is 71.5 Å². The Hall–Kier alpha value is 2.02. The van der Waals surface area contributed by atoms with E-state index in [-0.39, 0.29) is 191 Å². The normalized spacial score (nSPS) is 21.2. The van der Waals surface area contributed by atoms with Crippen LogP contribution in [0.25, 0.3) is 0 Å². The molecule has 0 saturated carbocycles. The summed E-state index contributed by atoms with van der Waals surface area (Å²) in [6, 6.07) is 10.7. The number of hydrogen-bond acceptors (Lipinski definition) is 15. The first-order valence-corrected chi connectivity index (χ1v) is 23.0. The molecule has 1 fully saturated rings. The van der Waals surface area contributed by atoms with Crippen molar-refractivity contribution in [3.8, 4) is 11.5 Å². The van der Waals surface area contributed by atoms with E-state index in [1.54, 1.807) is 30.3 Å². The van der Waals surface area contributed by atoms with Gasteiger partial charge in [-0.3, -0.25) is 5.04 Å². The van der Waals surface area contributed by atoms with Crippen LogP contribution in [-0.2, 0) is 50.6 Å². The van der Waals surface area contributed by atoms with Gasteiger partial charge in [0.2, 0.25) is 5.69 Å². The minimum absolute atomic E-state index is 0. The standard InChI is InChI=1S/C35H46N2O14S4.3K/c1-34(2)27-23-25(48-18-7-20-52-51-50-38)11-13-29(27)36(16-6-21-53(39,40)41)31(34)9-5-10-32-35(3,4)28-24-26(49-19-8-22-54(42,43)44)12-14-30(28)37(32)17-15-33(37)55(45,46)47;;;/h5,9-14,23-24,33H,6-8,15-22H2,1-4H3,(H2-2,38,39,40,41,42,43,44,45,46,47);;;/q;3*+1/p-2/b9-5?,32-10+;;;. The van der Waals surface area contributed by atoms with Crippen molar-refractivity contribution in [3.63, 3.8) is 0 Å². The number of quaternary nitrogens is 1. The first-order chi connectivity index (χ1) is 25.6. The molecule has 2 unspecified atom stereocenters. The molecule has 3 aliphatic heterocycles. The summed E-state index contributed by atoms with van der Waals surface area (Å²) in [6.07, 6.45) is 6.25. The van der Waals surface area contributed by atoms with Gasteiger partial charge < -0.3 is 28.4 Å². The van der Waals surface area contributed by atoms with Crippen molar-refractivity contribution in [2.45, 2.75) is 69.6 Å². The van der Waals surface area contributed by atoms with Gasteiger partial charge in [-0.25, -0.2) is 29.7 Å². The number of nitrogens with zero attached hydrogens (tertiary/aromatic N) is 2. The SMILES string of the molecule is CC1(C)C(C=C/C=C2\C(C)(C)c3cc(OCCCS(=O)(=O)[O-])ccc3[N+]23CCC3S(=O)(=O)[O-])=[N+](CCCS(=O)(=O)[O-])c2ccc(OCCCSOO[O-])cc21.[K+].[K+].[K+]. The van der Waals surface area contributed by atoms with Crippen molar-refractivity contribution in [1.82, 2.24) is 4.48 Å². The van der Waals surface area contributed by atoms with E-state index in [9.17, 15) is 44.2 Å². The maximum atomic E-state index is 12.7. The van der Waals surface area contributed by atoms with Crippen LogP contribution in [0.5, 0.6) is 11.5 Å². The molecule has 5 rings (SSSR count). The summed E-state index contributed by atoms with van der Waals surface area (Å²) in [7, 11) is -13.6. The van der Waals surface area contributed by atoms with Crippen molar-refractivity contribution >= 4 is 59.5 Å². The van der Waals surface area contributed by atoms with Crippen LogP contribution in [0, 0.1) is 0 Å². The van der Waals surface area contributed by atoms with Crippen molar-refractivity contribution in [2.24, 2.45) is 0 Å². The van der Waals surface area contributed by atoms with E-state index in [0.717, 1.165) is 34.6 Å². The molecule has 23 heteroatoms. The van der Waals surface area contributed by atoms with Crippen molar-refractivity contribution in [2.75, 3.05) is 43.6 Å². The topological polar surface area (TPSA) is 235 Å². The van der Waals surface area contributed by atoms with Crippen LogP contribution < -0.4 is 173 Å². The molecule has 3 aliphatic rings. The van der Waals surface area contributed by atoms with Crippen LogP contribution in [0.4, 0.5) is 11.4 Å². The van der Waals surface area contributed by atoms with Crippen LogP contribution >= 0.6 is 12.0 Å². The predicted molar refractivity (Wildman–Crippen MR) is 199 cm³/mol. The molecule has 2 aromatic rings. The van der Waals surface area contributed by atoms with Gasteiger partial charge in [0.15, 0.2) is 21.2 Å². The molecular weight excluding hydrogens is 918 g/mol. The minimum Gasteiger partial charge on any atom is -0.748 e. The minimum atomic E-state index is -4.75. The average Bonchev–Trinajstić information content (AvgIpc) is 3.39. The fourth-order valence-electron chi connectivity index (χ4n) is 7.87. The summed E-state index contributed by atoms with van der Waals surface area (Å²) in [5.41, 5.74) is 3.02. The Morgan fingerprint density at radius 1 is 0.828 bits per heavy atom. The first-order valence-electron chi connectivity index (χ1n) is 17.5. The second kappa shape index (κ2) is 23.0. The summed E-state index contributed by atoms with van der Waals surface area (Å²) in [5, 5.41) is 12.1. The van der Waals surface area contributed by atoms with Gasteiger partial charge in [-0.05, 0) is 70.9 Å². The Morgan fingerprint density at radius 2 is 1.41 bits per heavy atom. The Kier molecular flexibility index (Phi) is 22.2. The van der Waals surface area contributed by atoms with Crippen molar-refractivity contribution < 1.29 is 222 Å². The molecule has 304 valence electrons. The molecule has 0 bridgehead atoms. The number of hydrogen-bond donors (Lipinski definition) is 0. The molecule has 1 saturated heterocycles. The van der Waals surface area contributed by atoms with Gasteiger partial charge in [0.05, 0.1) is 57.2 Å². The Balaban J connectivity index is 0.00000387. The summed E-state index contributed by atoms with van der Waals surface area (Å²) in [6.45, 7) is 8.70. The van der Waals surface area contributed by atoms with E-state index < -0.39 is 58.1 Å². The van der Waals surface area contributed by atoms with Crippen LogP contribution in [0.2, 0.25) is 0 Å². The van der Waals surface area contributed by atoms with Crippen LogP contribution in [0.3, 0.4) is 0 Å². The summed E-state index contributed by atoms with van der Waals surface area (Å²) in [5.74, 6) is 0.318. The molecule has 0 N–H and O–H groups in total. The van der Waals surface area contributed by atoms with Gasteiger partial charge in [-0.1, -0.05) is 6.08 Å². The first kappa shape index (κ1) is 56.1. The van der Waals surface area contributed by atoms with Gasteiger partial charge in [0, 0.05) is 65.1 Å². The molecule has 0 radical (unpaired) electrons. The Morgan fingerprint density at radius 3 is 1.98 bits per heavy atom. The van der Waals surface area contributed by atoms with E-state index >= 15 is 0 Å². The molecule has 16 nitrogen and oxygen atoms in total. The molecular formula is C35H44K3N2O14S4+. The maximum Gasteiger partial charge on any atom is 1.00 e. The molecule has 58 heavy (non-hydrogen) atoms. The number of ether oxygens (including phenoxy) is 2. The zero-order valence-electron chi connectivity index (χ0n) is 33.8. The number of allylic oxidation sites excluding steroid dienone is 4. The van der Waals surface area contributed by atoms with Gasteiger partial charge in [0.25, 0.3) is 0 Å². The van der Waals surface area contributed by atoms with Gasteiger partial charge >= 0.3 is 154 Å². The fraction of sp³-hybridized carbons (Fsp3) is 0.514. The fourth-order valence-corrected chi connectivity index (χ4v) is 10.3. The molecule has 0 aromatic heterocycles. The van der Waals surface area contributed by atoms with Crippen molar-refractivity contribution in [1.29, 1.82) is 0 Å². The van der Waals surface area contributed by atoms with E-state index in [0.29, 0.717) is 48.2 Å². The largest absolute Gasteiger partial charge is 1.00 e. The van der Waals surface area contributed by atoms with Gasteiger partial charge in [-0.15, -0.1) is 0 Å². The Labute approximate surface area is 473 Å². The summed E-state index contributed by atoms with van der Waals surface area (Å²) in [4.78, 5) is 0. The third-order valence-corrected chi connectivity index (χ3v) is 13.8. The molecule has 2 atom stereocenters. The third-order valence-electron chi connectivity index (χ3n) is 10.4. The van der Waals surface area contributed by atoms with E-state index in [1.165, 1.54) is 0 Å². The summed E-state index contributed by atoms with van der Waals surface area (Å²) >= 11 is 0.862. The molecule has 3 heterocycles. The zero-order chi connectivity index (χ0) is 40.5. The molecule has 2 aromatic carbocycles. The second-order valence-electron chi connectivity index (χ2n) is 14.6. The third kappa shape index (κ3) is 13.3. The quantitative estimate of drug-likeness (QED) is 0.0186. The van der Waals surface area contributed by atoms with Gasteiger partial charge in [0.1, 0.15) is 29.4 Å². The number of rotatable bonds is 19. The second-order valence-corrected chi connectivity index (χ2v) is 20.0. The summed E-state index contributed by atoms with van der Waals surface area (Å²) < 4.78 is 123. The van der Waals surface area contributed by atoms with Gasteiger partial charge in [-0.2, -0.15) is 8.91 Å². The molecule has 0 amide bonds. The number of fused-ring (bicyclic) bond motifs is 3. The predicted octanol–water partition coefficient (Wildman–Crippen LogP) is -6.02. The molecule has 0 aliphatic carbocycles. The maximum absolute atomic E-state index is 12.7. The van der Waals surface area contributed by atoms with E-state index in [2.05, 4.69) is 9.37 Å². The van der Waals surface area contributed by atoms with Crippen LogP contribution in [0.15, 0.2) is 60.3 Å². The Bertz CT molecular complexity index is 2220. The number of benzene rings is 2. The van der Waals surface area contributed by atoms with Crippen LogP contribution in [0.1, 0.15) is 64.5 Å². The monoisotopic (exact) mass is 961 g/mol. The molecule has 1 spiro atoms. The van der Waals surface area contributed by atoms with E-state index in [1.807, 2.05) is 56.6 Å². The van der Waals surface area contributed by atoms with Crippen LogP contribution in [-0.4, -0.2) is 98.1 Å². The average molecular weight is 962 g/mol. The smallest absolute Gasteiger partial charge is 0.748 e. The van der Waals surface area contributed by atoms with E-state index in [4.69, 9.17) is 9.47 Å².